The monoisotopic (exact) mass is 349 g/mol. The van der Waals surface area contributed by atoms with Gasteiger partial charge >= 0.3 is 0 Å². The normalized spacial score (nSPS) is 21.6. The Labute approximate surface area is 143 Å². The van der Waals surface area contributed by atoms with Crippen LogP contribution in [0.5, 0.6) is 0 Å². The zero-order valence-electron chi connectivity index (χ0n) is 13.9. The third kappa shape index (κ3) is 3.32. The lowest BCUT2D eigenvalue weighted by molar-refractivity contribution is -0.127. The lowest BCUT2D eigenvalue weighted by Crippen LogP contribution is -2.36. The fourth-order valence-corrected chi connectivity index (χ4v) is 4.20. The predicted octanol–water partition coefficient (Wildman–Crippen LogP) is 1.20. The molecule has 0 aliphatic carbocycles. The number of nitrogens with zero attached hydrogens (tertiary/aromatic N) is 2. The van der Waals surface area contributed by atoms with Gasteiger partial charge in [0.1, 0.15) is 6.04 Å². The van der Waals surface area contributed by atoms with Gasteiger partial charge in [0.05, 0.1) is 6.26 Å². The topological polar surface area (TPSA) is 69.7 Å². The summed E-state index contributed by atoms with van der Waals surface area (Å²) in [7, 11) is -3.18. The van der Waals surface area contributed by atoms with Crippen LogP contribution in [0.1, 0.15) is 17.5 Å². The molecule has 1 aromatic carbocycles. The molecule has 130 valence electrons. The quantitative estimate of drug-likeness (QED) is 0.811. The standard InChI is InChI=1S/C17H23N3O3S/c1-3-9-19-10-8-16(17(19)21)18-15-6-4-5-13-12-20(24(2,22)23)11-7-14(13)15/h3-6,16,18H,1,7-12H2,2H3. The molecule has 0 bridgehead atoms. The molecule has 3 rings (SSSR count). The fourth-order valence-electron chi connectivity index (χ4n) is 3.40. The van der Waals surface area contributed by atoms with Gasteiger partial charge in [-0.15, -0.1) is 6.58 Å². The van der Waals surface area contributed by atoms with E-state index in [9.17, 15) is 13.2 Å². The van der Waals surface area contributed by atoms with Crippen LogP contribution < -0.4 is 5.32 Å². The number of carbonyl (C=O) groups excluding carboxylic acids is 1. The van der Waals surface area contributed by atoms with E-state index < -0.39 is 10.0 Å². The Morgan fingerprint density at radius 1 is 1.38 bits per heavy atom. The number of anilines is 1. The van der Waals surface area contributed by atoms with Gasteiger partial charge in [-0.3, -0.25) is 4.79 Å². The number of rotatable bonds is 5. The van der Waals surface area contributed by atoms with E-state index in [4.69, 9.17) is 0 Å². The van der Waals surface area contributed by atoms with Crippen LogP contribution in [0.2, 0.25) is 0 Å². The van der Waals surface area contributed by atoms with Crippen LogP contribution in [0.25, 0.3) is 0 Å². The van der Waals surface area contributed by atoms with Crippen molar-refractivity contribution in [2.75, 3.05) is 31.2 Å². The molecule has 1 amide bonds. The number of benzene rings is 1. The lowest BCUT2D eigenvalue weighted by Gasteiger charge is -2.29. The highest BCUT2D eigenvalue weighted by Gasteiger charge is 2.32. The van der Waals surface area contributed by atoms with Crippen molar-refractivity contribution in [3.63, 3.8) is 0 Å². The fraction of sp³-hybridized carbons (Fsp3) is 0.471. The molecule has 2 aliphatic rings. The van der Waals surface area contributed by atoms with E-state index in [1.165, 1.54) is 10.6 Å². The summed E-state index contributed by atoms with van der Waals surface area (Å²) in [4.78, 5) is 14.2. The molecule has 1 saturated heterocycles. The minimum atomic E-state index is -3.18. The molecule has 1 atom stereocenters. The van der Waals surface area contributed by atoms with Gasteiger partial charge in [-0.1, -0.05) is 18.2 Å². The summed E-state index contributed by atoms with van der Waals surface area (Å²) in [6.45, 7) is 5.87. The van der Waals surface area contributed by atoms with Crippen molar-refractivity contribution in [2.24, 2.45) is 0 Å². The highest BCUT2D eigenvalue weighted by atomic mass is 32.2. The number of carbonyl (C=O) groups is 1. The average Bonchev–Trinajstić information content (AvgIpc) is 2.87. The van der Waals surface area contributed by atoms with Crippen LogP contribution in [0.15, 0.2) is 30.9 Å². The Morgan fingerprint density at radius 2 is 2.17 bits per heavy atom. The number of amides is 1. The summed E-state index contributed by atoms with van der Waals surface area (Å²) in [6.07, 6.45) is 4.41. The Balaban J connectivity index is 1.77. The highest BCUT2D eigenvalue weighted by Crippen LogP contribution is 2.29. The van der Waals surface area contributed by atoms with E-state index >= 15 is 0 Å². The first kappa shape index (κ1) is 17.0. The average molecular weight is 349 g/mol. The van der Waals surface area contributed by atoms with Crippen LogP contribution in [-0.2, 0) is 27.8 Å². The van der Waals surface area contributed by atoms with Gasteiger partial charge in [-0.05, 0) is 30.0 Å². The van der Waals surface area contributed by atoms with E-state index in [1.807, 2.05) is 18.2 Å². The molecule has 2 heterocycles. The van der Waals surface area contributed by atoms with E-state index in [1.54, 1.807) is 11.0 Å². The molecule has 24 heavy (non-hydrogen) atoms. The van der Waals surface area contributed by atoms with Crippen LogP contribution >= 0.6 is 0 Å². The zero-order valence-corrected chi connectivity index (χ0v) is 14.7. The van der Waals surface area contributed by atoms with E-state index in [2.05, 4.69) is 11.9 Å². The first-order valence-corrected chi connectivity index (χ1v) is 9.97. The van der Waals surface area contributed by atoms with Crippen molar-refractivity contribution in [2.45, 2.75) is 25.4 Å². The molecular weight excluding hydrogens is 326 g/mol. The van der Waals surface area contributed by atoms with E-state index in [-0.39, 0.29) is 11.9 Å². The molecule has 1 N–H and O–H groups in total. The van der Waals surface area contributed by atoms with Gasteiger partial charge in [0.25, 0.3) is 0 Å². The van der Waals surface area contributed by atoms with Crippen LogP contribution in [0.4, 0.5) is 5.69 Å². The molecule has 0 aromatic heterocycles. The van der Waals surface area contributed by atoms with Gasteiger partial charge in [-0.25, -0.2) is 8.42 Å². The number of hydrogen-bond acceptors (Lipinski definition) is 4. The Bertz CT molecular complexity index is 760. The second-order valence-corrected chi connectivity index (χ2v) is 8.33. The molecule has 0 saturated carbocycles. The predicted molar refractivity (Wildman–Crippen MR) is 94.2 cm³/mol. The molecule has 1 aromatic rings. The minimum Gasteiger partial charge on any atom is -0.373 e. The maximum Gasteiger partial charge on any atom is 0.245 e. The molecule has 1 fully saturated rings. The maximum absolute atomic E-state index is 12.4. The van der Waals surface area contributed by atoms with Crippen molar-refractivity contribution in [1.29, 1.82) is 0 Å². The Morgan fingerprint density at radius 3 is 2.88 bits per heavy atom. The summed E-state index contributed by atoms with van der Waals surface area (Å²) >= 11 is 0. The lowest BCUT2D eigenvalue weighted by atomic mass is 9.98. The van der Waals surface area contributed by atoms with Crippen molar-refractivity contribution >= 4 is 21.6 Å². The molecule has 7 heteroatoms. The number of sulfonamides is 1. The second kappa shape index (κ2) is 6.57. The summed E-state index contributed by atoms with van der Waals surface area (Å²) in [6, 6.07) is 5.62. The molecule has 1 unspecified atom stereocenters. The summed E-state index contributed by atoms with van der Waals surface area (Å²) in [5.41, 5.74) is 3.07. The van der Waals surface area contributed by atoms with Crippen LogP contribution in [0.3, 0.4) is 0 Å². The zero-order chi connectivity index (χ0) is 17.3. The number of hydrogen-bond donors (Lipinski definition) is 1. The molecule has 6 nitrogen and oxygen atoms in total. The summed E-state index contributed by atoms with van der Waals surface area (Å²) in [5.74, 6) is 0.0982. The van der Waals surface area contributed by atoms with Crippen molar-refractivity contribution < 1.29 is 13.2 Å². The first-order chi connectivity index (χ1) is 11.4. The number of nitrogens with one attached hydrogen (secondary N) is 1. The summed E-state index contributed by atoms with van der Waals surface area (Å²) < 4.78 is 25.0. The van der Waals surface area contributed by atoms with Gasteiger partial charge in [-0.2, -0.15) is 4.31 Å². The largest absolute Gasteiger partial charge is 0.373 e. The molecule has 0 radical (unpaired) electrons. The third-order valence-electron chi connectivity index (χ3n) is 4.68. The first-order valence-electron chi connectivity index (χ1n) is 8.12. The minimum absolute atomic E-state index is 0.0982. The van der Waals surface area contributed by atoms with Gasteiger partial charge in [0.15, 0.2) is 0 Å². The molecular formula is C17H23N3O3S. The van der Waals surface area contributed by atoms with Crippen molar-refractivity contribution in [3.05, 3.63) is 42.0 Å². The van der Waals surface area contributed by atoms with Crippen LogP contribution in [0, 0.1) is 0 Å². The number of fused-ring (bicyclic) bond motifs is 1. The second-order valence-electron chi connectivity index (χ2n) is 6.35. The SMILES string of the molecule is C=CCN1CCC(Nc2cccc3c2CCN(S(C)(=O)=O)C3)C1=O. The van der Waals surface area contributed by atoms with E-state index in [0.29, 0.717) is 26.1 Å². The van der Waals surface area contributed by atoms with Crippen molar-refractivity contribution in [3.8, 4) is 0 Å². The third-order valence-corrected chi connectivity index (χ3v) is 5.93. The van der Waals surface area contributed by atoms with Crippen molar-refractivity contribution in [1.82, 2.24) is 9.21 Å². The highest BCUT2D eigenvalue weighted by molar-refractivity contribution is 7.88. The summed E-state index contributed by atoms with van der Waals surface area (Å²) in [5, 5.41) is 3.37. The van der Waals surface area contributed by atoms with Gasteiger partial charge < -0.3 is 10.2 Å². The van der Waals surface area contributed by atoms with E-state index in [0.717, 1.165) is 29.8 Å². The molecule has 2 aliphatic heterocycles. The van der Waals surface area contributed by atoms with Gasteiger partial charge in [0.2, 0.25) is 15.9 Å². The molecule has 0 spiro atoms. The number of likely N-dealkylation sites (tertiary alicyclic amines) is 1. The van der Waals surface area contributed by atoms with Crippen LogP contribution in [-0.4, -0.2) is 55.5 Å². The maximum atomic E-state index is 12.4. The Kier molecular flexibility index (Phi) is 4.64. The van der Waals surface area contributed by atoms with Gasteiger partial charge in [0, 0.05) is 31.9 Å². The smallest absolute Gasteiger partial charge is 0.245 e. The Hall–Kier alpha value is -1.86.